The van der Waals surface area contributed by atoms with E-state index in [2.05, 4.69) is 4.52 Å². The normalized spacial score (nSPS) is 14.4. The lowest BCUT2D eigenvalue weighted by atomic mass is 9.95. The molecule has 0 bridgehead atoms. The van der Waals surface area contributed by atoms with E-state index in [9.17, 15) is 8.96 Å². The second kappa shape index (κ2) is 10.1. The zero-order valence-corrected chi connectivity index (χ0v) is 14.9. The predicted molar refractivity (Wildman–Crippen MR) is 90.7 cm³/mol. The lowest BCUT2D eigenvalue weighted by molar-refractivity contribution is 0.154. The van der Waals surface area contributed by atoms with Crippen molar-refractivity contribution in [2.24, 2.45) is 5.73 Å². The quantitative estimate of drug-likeness (QED) is 0.390. The van der Waals surface area contributed by atoms with Gasteiger partial charge < -0.3 is 20.3 Å². The highest BCUT2D eigenvalue weighted by atomic mass is 31.2. The summed E-state index contributed by atoms with van der Waals surface area (Å²) in [7, 11) is -4.50. The van der Waals surface area contributed by atoms with Crippen molar-refractivity contribution in [3.63, 3.8) is 0 Å². The fraction of sp³-hybridized carbons (Fsp3) is 0.625. The van der Waals surface area contributed by atoms with Crippen LogP contribution in [-0.2, 0) is 15.5 Å². The van der Waals surface area contributed by atoms with Crippen molar-refractivity contribution in [2.75, 3.05) is 19.9 Å². The highest BCUT2D eigenvalue weighted by Crippen LogP contribution is 2.36. The maximum Gasteiger partial charge on any atom is 0.469 e. The molecule has 0 fully saturated rings. The van der Waals surface area contributed by atoms with E-state index >= 15 is 0 Å². The average Bonchev–Trinajstić information content (AvgIpc) is 2.52. The molecule has 138 valence electrons. The number of ether oxygens (including phenoxy) is 1. The van der Waals surface area contributed by atoms with E-state index in [0.717, 1.165) is 24.2 Å². The predicted octanol–water partition coefficient (Wildman–Crippen LogP) is 2.96. The smallest absolute Gasteiger partial charge is 0.469 e. The first-order valence-corrected chi connectivity index (χ1v) is 9.51. The Morgan fingerprint density at radius 1 is 1.21 bits per heavy atom. The van der Waals surface area contributed by atoms with E-state index in [-0.39, 0.29) is 13.3 Å². The van der Waals surface area contributed by atoms with Crippen molar-refractivity contribution >= 4 is 7.82 Å². The van der Waals surface area contributed by atoms with Crippen LogP contribution < -0.4 is 10.5 Å². The molecule has 8 heteroatoms. The zero-order chi connectivity index (χ0) is 18.1. The molecule has 0 aliphatic rings. The number of rotatable bonds is 12. The number of benzene rings is 1. The summed E-state index contributed by atoms with van der Waals surface area (Å²) in [5.74, 6) is 0.763. The van der Waals surface area contributed by atoms with Gasteiger partial charge in [-0.2, -0.15) is 0 Å². The third-order valence-corrected chi connectivity index (χ3v) is 3.98. The summed E-state index contributed by atoms with van der Waals surface area (Å²) in [6, 6.07) is 7.59. The minimum Gasteiger partial charge on any atom is -0.494 e. The number of halogens is 1. The largest absolute Gasteiger partial charge is 0.494 e. The van der Waals surface area contributed by atoms with Crippen LogP contribution in [0, 0.1) is 0 Å². The first kappa shape index (κ1) is 21.1. The van der Waals surface area contributed by atoms with Gasteiger partial charge in [-0.25, -0.2) is 4.57 Å². The van der Waals surface area contributed by atoms with Crippen LogP contribution in [0.4, 0.5) is 4.39 Å². The summed E-state index contributed by atoms with van der Waals surface area (Å²) in [6.07, 6.45) is 3.41. The molecule has 0 radical (unpaired) electrons. The lowest BCUT2D eigenvalue weighted by Gasteiger charge is -2.24. The molecule has 0 amide bonds. The molecule has 1 atom stereocenters. The first-order chi connectivity index (χ1) is 11.2. The second-order valence-electron chi connectivity index (χ2n) is 6.16. The van der Waals surface area contributed by atoms with E-state index in [1.54, 1.807) is 6.92 Å². The van der Waals surface area contributed by atoms with E-state index in [1.807, 2.05) is 24.3 Å². The molecule has 0 unspecified atom stereocenters. The molecule has 0 aliphatic carbocycles. The number of unbranched alkanes of at least 4 members (excludes halogenated alkanes) is 2. The molecule has 0 heterocycles. The van der Waals surface area contributed by atoms with Gasteiger partial charge in [0.1, 0.15) is 5.75 Å². The Kier molecular flexibility index (Phi) is 8.87. The van der Waals surface area contributed by atoms with Crippen molar-refractivity contribution in [3.8, 4) is 5.75 Å². The van der Waals surface area contributed by atoms with Crippen molar-refractivity contribution in [2.45, 2.75) is 44.6 Å². The van der Waals surface area contributed by atoms with Crippen LogP contribution in [0.3, 0.4) is 0 Å². The van der Waals surface area contributed by atoms with Gasteiger partial charge in [-0.1, -0.05) is 12.1 Å². The summed E-state index contributed by atoms with van der Waals surface area (Å²) in [5, 5.41) is 0. The van der Waals surface area contributed by atoms with Crippen molar-refractivity contribution in [1.29, 1.82) is 0 Å². The van der Waals surface area contributed by atoms with Gasteiger partial charge in [-0.3, -0.25) is 8.91 Å². The number of hydrogen-bond donors (Lipinski definition) is 3. The topological polar surface area (TPSA) is 102 Å². The Bertz CT molecular complexity index is 518. The summed E-state index contributed by atoms with van der Waals surface area (Å²) >= 11 is 0. The first-order valence-electron chi connectivity index (χ1n) is 7.98. The molecule has 1 aromatic rings. The molecule has 24 heavy (non-hydrogen) atoms. The van der Waals surface area contributed by atoms with Crippen LogP contribution >= 0.6 is 7.82 Å². The van der Waals surface area contributed by atoms with E-state index in [0.29, 0.717) is 25.9 Å². The van der Waals surface area contributed by atoms with Gasteiger partial charge in [0, 0.05) is 5.54 Å². The molecule has 0 saturated heterocycles. The number of alkyl halides is 1. The Hall–Kier alpha value is -0.980. The number of nitrogens with two attached hydrogens (primary N) is 1. The minimum atomic E-state index is -4.50. The Labute approximate surface area is 142 Å². The number of aryl methyl sites for hydroxylation is 1. The van der Waals surface area contributed by atoms with Crippen LogP contribution in [0.1, 0.15) is 38.2 Å². The Balaban J connectivity index is 2.34. The fourth-order valence-corrected chi connectivity index (χ4v) is 2.51. The monoisotopic (exact) mass is 363 g/mol. The molecule has 0 aliphatic heterocycles. The van der Waals surface area contributed by atoms with Gasteiger partial charge in [0.25, 0.3) is 0 Å². The van der Waals surface area contributed by atoms with E-state index in [1.165, 1.54) is 0 Å². The molecular weight excluding hydrogens is 336 g/mol. The minimum absolute atomic E-state index is 0.211. The molecule has 4 N–H and O–H groups in total. The van der Waals surface area contributed by atoms with Crippen LogP contribution in [0.15, 0.2) is 24.3 Å². The van der Waals surface area contributed by atoms with Crippen molar-refractivity contribution in [1.82, 2.24) is 0 Å². The van der Waals surface area contributed by atoms with Gasteiger partial charge in [-0.15, -0.1) is 0 Å². The van der Waals surface area contributed by atoms with Gasteiger partial charge in [0.15, 0.2) is 0 Å². The number of phosphoric acid groups is 1. The third kappa shape index (κ3) is 10.0. The van der Waals surface area contributed by atoms with Gasteiger partial charge in [0.2, 0.25) is 0 Å². The van der Waals surface area contributed by atoms with Crippen LogP contribution in [0.2, 0.25) is 0 Å². The van der Waals surface area contributed by atoms with Crippen molar-refractivity contribution < 1.29 is 28.0 Å². The summed E-state index contributed by atoms with van der Waals surface area (Å²) in [6.45, 7) is 1.77. The number of phosphoric ester groups is 1. The Morgan fingerprint density at radius 3 is 2.46 bits per heavy atom. The highest BCUT2D eigenvalue weighted by molar-refractivity contribution is 7.46. The highest BCUT2D eigenvalue weighted by Gasteiger charge is 2.24. The maximum atomic E-state index is 12.0. The lowest BCUT2D eigenvalue weighted by Crippen LogP contribution is -2.41. The second-order valence-corrected chi connectivity index (χ2v) is 7.40. The summed E-state index contributed by atoms with van der Waals surface area (Å²) in [4.78, 5) is 17.4. The zero-order valence-electron chi connectivity index (χ0n) is 14.0. The Morgan fingerprint density at radius 2 is 1.88 bits per heavy atom. The number of hydrogen-bond acceptors (Lipinski definition) is 4. The van der Waals surface area contributed by atoms with Crippen molar-refractivity contribution in [3.05, 3.63) is 29.8 Å². The van der Waals surface area contributed by atoms with E-state index in [4.69, 9.17) is 20.3 Å². The molecular formula is C16H27FNO5P. The molecule has 0 aromatic heterocycles. The molecule has 6 nitrogen and oxygen atoms in total. The van der Waals surface area contributed by atoms with Crippen LogP contribution in [0.5, 0.6) is 5.75 Å². The summed E-state index contributed by atoms with van der Waals surface area (Å²) in [5.41, 5.74) is 6.21. The van der Waals surface area contributed by atoms with Gasteiger partial charge >= 0.3 is 7.82 Å². The molecule has 1 rings (SSSR count). The SMILES string of the molecule is C[C@@](N)(CCc1ccc(OCCCCCF)cc1)COP(=O)(O)O. The average molecular weight is 363 g/mol. The molecule has 0 spiro atoms. The van der Waals surface area contributed by atoms with Gasteiger partial charge in [-0.05, 0) is 56.7 Å². The standard InChI is InChI=1S/C16H27FNO5P/c1-16(18,13-23-24(19,20)21)10-9-14-5-7-15(8-6-14)22-12-4-2-3-11-17/h5-8H,2-4,9-13,18H2,1H3,(H2,19,20,21)/t16-/m1/s1. The fourth-order valence-electron chi connectivity index (χ4n) is 2.05. The summed E-state index contributed by atoms with van der Waals surface area (Å²) < 4.78 is 32.7. The maximum absolute atomic E-state index is 12.0. The molecule has 0 saturated carbocycles. The van der Waals surface area contributed by atoms with Crippen LogP contribution in [-0.4, -0.2) is 35.2 Å². The molecule has 1 aromatic carbocycles. The van der Waals surface area contributed by atoms with Crippen LogP contribution in [0.25, 0.3) is 0 Å². The van der Waals surface area contributed by atoms with Gasteiger partial charge in [0.05, 0.1) is 19.9 Å². The van der Waals surface area contributed by atoms with E-state index < -0.39 is 13.4 Å². The third-order valence-electron chi connectivity index (χ3n) is 3.52.